The summed E-state index contributed by atoms with van der Waals surface area (Å²) in [7, 11) is 0. The van der Waals surface area contributed by atoms with E-state index in [2.05, 4.69) is 50.0 Å². The molecule has 0 bridgehead atoms. The Bertz CT molecular complexity index is 1200. The number of unbranched alkanes of at least 4 members (excludes halogenated alkanes) is 1. The second-order valence-electron chi connectivity index (χ2n) is 8.48. The van der Waals surface area contributed by atoms with E-state index in [-0.39, 0.29) is 5.78 Å². The average molecular weight is 513 g/mol. The number of piperazine rings is 1. The number of nitrogens with zero attached hydrogens (tertiary/aromatic N) is 2. The summed E-state index contributed by atoms with van der Waals surface area (Å²) in [6, 6.07) is 13.5. The fourth-order valence-corrected chi connectivity index (χ4v) is 4.73. The van der Waals surface area contributed by atoms with Crippen LogP contribution in [0.3, 0.4) is 0 Å². The van der Waals surface area contributed by atoms with Crippen LogP contribution in [0.1, 0.15) is 35.7 Å². The van der Waals surface area contributed by atoms with Gasteiger partial charge in [0, 0.05) is 47.8 Å². The lowest BCUT2D eigenvalue weighted by Crippen LogP contribution is -2.46. The van der Waals surface area contributed by atoms with Gasteiger partial charge in [0.1, 0.15) is 11.3 Å². The maximum Gasteiger partial charge on any atom is 0.336 e. The first-order valence-corrected chi connectivity index (χ1v) is 12.2. The SMILES string of the molecule is CC(=O)c1c(OCCCCN2CCN(c3cccc(Br)c3)CC2)ccc2c(C)cc(=O)oc12. The van der Waals surface area contributed by atoms with Gasteiger partial charge in [-0.2, -0.15) is 0 Å². The first kappa shape index (κ1) is 23.5. The summed E-state index contributed by atoms with van der Waals surface area (Å²) in [5.74, 6) is 0.305. The highest BCUT2D eigenvalue weighted by molar-refractivity contribution is 9.10. The molecule has 1 aromatic heterocycles. The van der Waals surface area contributed by atoms with Crippen LogP contribution in [0, 0.1) is 6.92 Å². The number of Topliss-reactive ketones (excluding diaryl/α,β-unsaturated/α-hetero) is 1. The Morgan fingerprint density at radius 1 is 1.09 bits per heavy atom. The lowest BCUT2D eigenvalue weighted by atomic mass is 10.0. The molecule has 1 aliphatic heterocycles. The summed E-state index contributed by atoms with van der Waals surface area (Å²) in [4.78, 5) is 29.0. The Kier molecular flexibility index (Phi) is 7.50. The third kappa shape index (κ3) is 5.65. The van der Waals surface area contributed by atoms with Crippen LogP contribution in [-0.4, -0.2) is 50.0 Å². The van der Waals surface area contributed by atoms with Crippen molar-refractivity contribution in [3.05, 3.63) is 68.5 Å². The topological polar surface area (TPSA) is 63.0 Å². The first-order chi connectivity index (χ1) is 15.9. The Morgan fingerprint density at radius 2 is 1.88 bits per heavy atom. The van der Waals surface area contributed by atoms with Crippen LogP contribution in [0.5, 0.6) is 5.75 Å². The molecule has 33 heavy (non-hydrogen) atoms. The van der Waals surface area contributed by atoms with Crippen LogP contribution in [0.2, 0.25) is 0 Å². The Morgan fingerprint density at radius 3 is 2.61 bits per heavy atom. The molecule has 1 fully saturated rings. The van der Waals surface area contributed by atoms with Crippen LogP contribution in [-0.2, 0) is 0 Å². The van der Waals surface area contributed by atoms with E-state index in [9.17, 15) is 9.59 Å². The maximum absolute atomic E-state index is 12.3. The summed E-state index contributed by atoms with van der Waals surface area (Å²) in [6.07, 6.45) is 1.91. The summed E-state index contributed by atoms with van der Waals surface area (Å²) >= 11 is 3.55. The van der Waals surface area contributed by atoms with E-state index in [1.165, 1.54) is 18.7 Å². The summed E-state index contributed by atoms with van der Waals surface area (Å²) < 4.78 is 12.4. The van der Waals surface area contributed by atoms with E-state index in [4.69, 9.17) is 9.15 Å². The predicted octanol–water partition coefficient (Wildman–Crippen LogP) is 5.05. The van der Waals surface area contributed by atoms with E-state index < -0.39 is 5.63 Å². The molecule has 0 amide bonds. The molecule has 1 aliphatic rings. The van der Waals surface area contributed by atoms with Gasteiger partial charge in [0.05, 0.1) is 6.61 Å². The Balaban J connectivity index is 1.27. The number of ketones is 1. The Labute approximate surface area is 202 Å². The minimum absolute atomic E-state index is 0.173. The normalized spacial score (nSPS) is 14.6. The van der Waals surface area contributed by atoms with E-state index in [1.807, 2.05) is 13.0 Å². The van der Waals surface area contributed by atoms with Crippen molar-refractivity contribution >= 4 is 38.4 Å². The van der Waals surface area contributed by atoms with Crippen molar-refractivity contribution in [2.24, 2.45) is 0 Å². The van der Waals surface area contributed by atoms with Crippen LogP contribution < -0.4 is 15.3 Å². The van der Waals surface area contributed by atoms with Crippen molar-refractivity contribution in [3.8, 4) is 5.75 Å². The number of benzene rings is 2. The first-order valence-electron chi connectivity index (χ1n) is 11.4. The number of ether oxygens (including phenoxy) is 1. The molecule has 7 heteroatoms. The average Bonchev–Trinajstić information content (AvgIpc) is 2.78. The molecule has 0 atom stereocenters. The number of halogens is 1. The molecule has 0 N–H and O–H groups in total. The fourth-order valence-electron chi connectivity index (χ4n) is 4.34. The van der Waals surface area contributed by atoms with Gasteiger partial charge in [-0.15, -0.1) is 0 Å². The quantitative estimate of drug-likeness (QED) is 0.239. The molecule has 2 heterocycles. The zero-order valence-corrected chi connectivity index (χ0v) is 20.7. The number of fused-ring (bicyclic) bond motifs is 1. The maximum atomic E-state index is 12.3. The van der Waals surface area contributed by atoms with Crippen molar-refractivity contribution < 1.29 is 13.9 Å². The molecule has 1 saturated heterocycles. The summed E-state index contributed by atoms with van der Waals surface area (Å²) in [6.45, 7) is 8.99. The molecule has 174 valence electrons. The second kappa shape index (κ2) is 10.5. The molecular formula is C26H29BrN2O4. The van der Waals surface area contributed by atoms with Crippen LogP contribution >= 0.6 is 15.9 Å². The lowest BCUT2D eigenvalue weighted by Gasteiger charge is -2.36. The van der Waals surface area contributed by atoms with E-state index in [0.29, 0.717) is 23.5 Å². The third-order valence-corrected chi connectivity index (χ3v) is 6.60. The largest absolute Gasteiger partial charge is 0.493 e. The van der Waals surface area contributed by atoms with Crippen molar-refractivity contribution in [2.75, 3.05) is 44.2 Å². The van der Waals surface area contributed by atoms with Gasteiger partial charge in [0.25, 0.3) is 0 Å². The van der Waals surface area contributed by atoms with Gasteiger partial charge < -0.3 is 14.1 Å². The molecule has 2 aromatic carbocycles. The van der Waals surface area contributed by atoms with Crippen molar-refractivity contribution in [1.29, 1.82) is 0 Å². The van der Waals surface area contributed by atoms with Gasteiger partial charge in [0.15, 0.2) is 11.4 Å². The van der Waals surface area contributed by atoms with Gasteiger partial charge in [-0.1, -0.05) is 22.0 Å². The molecule has 4 rings (SSSR count). The van der Waals surface area contributed by atoms with E-state index in [1.54, 1.807) is 6.07 Å². The van der Waals surface area contributed by atoms with Gasteiger partial charge in [-0.05, 0) is 69.1 Å². The van der Waals surface area contributed by atoms with Crippen LogP contribution in [0.4, 0.5) is 5.69 Å². The van der Waals surface area contributed by atoms with Gasteiger partial charge in [-0.25, -0.2) is 4.79 Å². The zero-order chi connectivity index (χ0) is 23.4. The lowest BCUT2D eigenvalue weighted by molar-refractivity contribution is 0.101. The van der Waals surface area contributed by atoms with Crippen molar-refractivity contribution in [3.63, 3.8) is 0 Å². The number of carbonyl (C=O) groups excluding carboxylic acids is 1. The van der Waals surface area contributed by atoms with Crippen molar-refractivity contribution in [2.45, 2.75) is 26.7 Å². The highest BCUT2D eigenvalue weighted by atomic mass is 79.9. The highest BCUT2D eigenvalue weighted by Crippen LogP contribution is 2.29. The van der Waals surface area contributed by atoms with E-state index >= 15 is 0 Å². The summed E-state index contributed by atoms with van der Waals surface area (Å²) in [5, 5.41) is 0.758. The number of hydrogen-bond donors (Lipinski definition) is 0. The number of aryl methyl sites for hydroxylation is 1. The number of anilines is 1. The zero-order valence-electron chi connectivity index (χ0n) is 19.1. The molecule has 0 saturated carbocycles. The minimum Gasteiger partial charge on any atom is -0.493 e. The number of carbonyl (C=O) groups is 1. The van der Waals surface area contributed by atoms with Crippen LogP contribution in [0.15, 0.2) is 56.1 Å². The monoisotopic (exact) mass is 512 g/mol. The second-order valence-corrected chi connectivity index (χ2v) is 9.40. The molecule has 0 aliphatic carbocycles. The van der Waals surface area contributed by atoms with Crippen LogP contribution in [0.25, 0.3) is 11.0 Å². The minimum atomic E-state index is -0.459. The van der Waals surface area contributed by atoms with Gasteiger partial charge in [0.2, 0.25) is 0 Å². The van der Waals surface area contributed by atoms with Crippen molar-refractivity contribution in [1.82, 2.24) is 4.90 Å². The molecule has 3 aromatic rings. The van der Waals surface area contributed by atoms with Gasteiger partial charge >= 0.3 is 5.63 Å². The molecule has 0 unspecified atom stereocenters. The molecule has 0 radical (unpaired) electrons. The standard InChI is InChI=1S/C26H29BrN2O4/c1-18-16-24(31)33-26-22(18)8-9-23(25(26)19(2)30)32-15-4-3-10-28-11-13-29(14-12-28)21-7-5-6-20(27)17-21/h5-9,16-17H,3-4,10-15H2,1-2H3. The van der Waals surface area contributed by atoms with Gasteiger partial charge in [-0.3, -0.25) is 9.69 Å². The molecule has 6 nitrogen and oxygen atoms in total. The Hall–Kier alpha value is -2.64. The molecular weight excluding hydrogens is 484 g/mol. The highest BCUT2D eigenvalue weighted by Gasteiger charge is 2.19. The number of hydrogen-bond acceptors (Lipinski definition) is 6. The fraction of sp³-hybridized carbons (Fsp3) is 0.385. The predicted molar refractivity (Wildman–Crippen MR) is 135 cm³/mol. The summed E-state index contributed by atoms with van der Waals surface area (Å²) in [5.41, 5.74) is 2.25. The third-order valence-electron chi connectivity index (χ3n) is 6.11. The smallest absolute Gasteiger partial charge is 0.336 e. The number of rotatable bonds is 8. The van der Waals surface area contributed by atoms with E-state index in [0.717, 1.165) is 61.0 Å². The molecule has 0 spiro atoms.